The molecule has 2 aromatic rings. The molecule has 4 heteroatoms. The van der Waals surface area contributed by atoms with Gasteiger partial charge in [0, 0.05) is 23.8 Å². The van der Waals surface area contributed by atoms with Crippen LogP contribution in [0.1, 0.15) is 49.7 Å². The average Bonchev–Trinajstić information content (AvgIpc) is 2.61. The van der Waals surface area contributed by atoms with E-state index in [2.05, 4.69) is 6.92 Å². The third-order valence-corrected chi connectivity index (χ3v) is 4.95. The molecule has 1 aliphatic heterocycles. The van der Waals surface area contributed by atoms with E-state index in [-0.39, 0.29) is 17.7 Å². The van der Waals surface area contributed by atoms with Gasteiger partial charge in [0.2, 0.25) is 11.8 Å². The summed E-state index contributed by atoms with van der Waals surface area (Å²) in [6.45, 7) is 2.16. The third kappa shape index (κ3) is 4.10. The van der Waals surface area contributed by atoms with Gasteiger partial charge in [-0.2, -0.15) is 0 Å². The second-order valence-electron chi connectivity index (χ2n) is 6.55. The molecule has 3 nitrogen and oxygen atoms in total. The normalized spacial score (nSPS) is 15.7. The number of unbranched alkanes of at least 4 members (excludes halogenated alkanes) is 1. The summed E-state index contributed by atoms with van der Waals surface area (Å²) >= 11 is 5.91. The van der Waals surface area contributed by atoms with Crippen LogP contribution in [0.4, 0.5) is 5.69 Å². The summed E-state index contributed by atoms with van der Waals surface area (Å²) in [6, 6.07) is 15.2. The number of rotatable bonds is 5. The van der Waals surface area contributed by atoms with Crippen molar-refractivity contribution in [1.29, 1.82) is 0 Å². The number of anilines is 1. The van der Waals surface area contributed by atoms with Gasteiger partial charge >= 0.3 is 0 Å². The third-order valence-electron chi connectivity index (χ3n) is 4.70. The number of amides is 2. The molecule has 0 spiro atoms. The highest BCUT2D eigenvalue weighted by Gasteiger charge is 2.34. The lowest BCUT2D eigenvalue weighted by Crippen LogP contribution is -2.42. The zero-order valence-corrected chi connectivity index (χ0v) is 15.1. The van der Waals surface area contributed by atoms with Crippen LogP contribution in [-0.4, -0.2) is 11.8 Å². The van der Waals surface area contributed by atoms with Crippen molar-refractivity contribution in [1.82, 2.24) is 0 Å². The molecular weight excluding hydrogens is 334 g/mol. The Kier molecular flexibility index (Phi) is 5.54. The summed E-state index contributed by atoms with van der Waals surface area (Å²) < 4.78 is 0. The van der Waals surface area contributed by atoms with Crippen LogP contribution in [0, 0.1) is 0 Å². The highest BCUT2D eigenvalue weighted by Crippen LogP contribution is 2.32. The van der Waals surface area contributed by atoms with Crippen LogP contribution < -0.4 is 4.90 Å². The largest absolute Gasteiger partial charge is 0.274 e. The second-order valence-corrected chi connectivity index (χ2v) is 6.99. The van der Waals surface area contributed by atoms with Crippen LogP contribution in [0.2, 0.25) is 5.02 Å². The Morgan fingerprint density at radius 1 is 0.960 bits per heavy atom. The number of halogens is 1. The molecule has 2 amide bonds. The summed E-state index contributed by atoms with van der Waals surface area (Å²) in [6.07, 6.45) is 3.99. The van der Waals surface area contributed by atoms with Crippen molar-refractivity contribution in [3.63, 3.8) is 0 Å². The standard InChI is InChI=1S/C21H22ClNO2/c1-2-3-4-15-5-11-19(12-6-15)23-20(24)13-17(14-21(23)25)16-7-9-18(22)10-8-16/h5-12,17H,2-4,13-14H2,1H3. The molecule has 1 saturated heterocycles. The van der Waals surface area contributed by atoms with Gasteiger partial charge in [-0.25, -0.2) is 0 Å². The molecule has 25 heavy (non-hydrogen) atoms. The van der Waals surface area contributed by atoms with Gasteiger partial charge < -0.3 is 0 Å². The second kappa shape index (κ2) is 7.83. The molecule has 3 rings (SSSR count). The molecule has 0 radical (unpaired) electrons. The molecule has 0 saturated carbocycles. The van der Waals surface area contributed by atoms with Gasteiger partial charge in [-0.05, 0) is 48.2 Å². The van der Waals surface area contributed by atoms with Crippen molar-refractivity contribution in [3.8, 4) is 0 Å². The number of nitrogens with zero attached hydrogens (tertiary/aromatic N) is 1. The van der Waals surface area contributed by atoms with Gasteiger partial charge in [0.1, 0.15) is 0 Å². The lowest BCUT2D eigenvalue weighted by molar-refractivity contribution is -0.129. The maximum atomic E-state index is 12.6. The fraction of sp³-hybridized carbons (Fsp3) is 0.333. The fourth-order valence-corrected chi connectivity index (χ4v) is 3.39. The van der Waals surface area contributed by atoms with E-state index >= 15 is 0 Å². The Balaban J connectivity index is 1.73. The summed E-state index contributed by atoms with van der Waals surface area (Å²) in [5, 5.41) is 0.655. The molecule has 1 aliphatic rings. The molecule has 2 aromatic carbocycles. The minimum Gasteiger partial charge on any atom is -0.274 e. The molecule has 0 aliphatic carbocycles. The molecule has 1 heterocycles. The van der Waals surface area contributed by atoms with E-state index in [9.17, 15) is 9.59 Å². The van der Waals surface area contributed by atoms with Crippen molar-refractivity contribution >= 4 is 29.1 Å². The van der Waals surface area contributed by atoms with Crippen LogP contribution in [0.25, 0.3) is 0 Å². The van der Waals surface area contributed by atoms with Gasteiger partial charge in [0.15, 0.2) is 0 Å². The van der Waals surface area contributed by atoms with Crippen LogP contribution >= 0.6 is 11.6 Å². The first-order chi connectivity index (χ1) is 12.1. The van der Waals surface area contributed by atoms with Crippen molar-refractivity contribution in [2.75, 3.05) is 4.90 Å². The number of hydrogen-bond acceptors (Lipinski definition) is 2. The molecule has 1 fully saturated rings. The Hall–Kier alpha value is -2.13. The predicted octanol–water partition coefficient (Wildman–Crippen LogP) is 5.12. The van der Waals surface area contributed by atoms with Crippen LogP contribution in [-0.2, 0) is 16.0 Å². The van der Waals surface area contributed by atoms with E-state index < -0.39 is 0 Å². The van der Waals surface area contributed by atoms with Gasteiger partial charge in [0.05, 0.1) is 5.69 Å². The van der Waals surface area contributed by atoms with Crippen LogP contribution in [0.3, 0.4) is 0 Å². The first-order valence-electron chi connectivity index (χ1n) is 8.78. The highest BCUT2D eigenvalue weighted by atomic mass is 35.5. The molecular formula is C21H22ClNO2. The summed E-state index contributed by atoms with van der Waals surface area (Å²) in [7, 11) is 0. The smallest absolute Gasteiger partial charge is 0.234 e. The monoisotopic (exact) mass is 355 g/mol. The maximum Gasteiger partial charge on any atom is 0.234 e. The lowest BCUT2D eigenvalue weighted by atomic mass is 9.88. The molecule has 0 unspecified atom stereocenters. The number of hydrogen-bond donors (Lipinski definition) is 0. The van der Waals surface area contributed by atoms with Crippen LogP contribution in [0.15, 0.2) is 48.5 Å². The Morgan fingerprint density at radius 3 is 2.12 bits per heavy atom. The number of imide groups is 1. The summed E-state index contributed by atoms with van der Waals surface area (Å²) in [5.74, 6) is -0.354. The lowest BCUT2D eigenvalue weighted by Gasteiger charge is -2.30. The van der Waals surface area contributed by atoms with Crippen molar-refractivity contribution in [2.45, 2.75) is 44.9 Å². The van der Waals surface area contributed by atoms with E-state index in [1.54, 1.807) is 12.1 Å². The minimum absolute atomic E-state index is 0.0719. The topological polar surface area (TPSA) is 37.4 Å². The fourth-order valence-electron chi connectivity index (χ4n) is 3.27. The number of benzene rings is 2. The Bertz CT molecular complexity index is 734. The number of carbonyl (C=O) groups excluding carboxylic acids is 2. The SMILES string of the molecule is CCCCc1ccc(N2C(=O)CC(c3ccc(Cl)cc3)CC2=O)cc1. The predicted molar refractivity (Wildman–Crippen MR) is 101 cm³/mol. The van der Waals surface area contributed by atoms with Crippen molar-refractivity contribution in [3.05, 3.63) is 64.7 Å². The van der Waals surface area contributed by atoms with E-state index in [0.717, 1.165) is 24.8 Å². The number of aryl methyl sites for hydroxylation is 1. The molecule has 0 N–H and O–H groups in total. The van der Waals surface area contributed by atoms with Gasteiger partial charge in [-0.1, -0.05) is 49.2 Å². The Morgan fingerprint density at radius 2 is 1.56 bits per heavy atom. The Labute approximate surface area is 153 Å². The number of carbonyl (C=O) groups is 2. The van der Waals surface area contributed by atoms with E-state index in [1.807, 2.05) is 36.4 Å². The van der Waals surface area contributed by atoms with Crippen molar-refractivity contribution in [2.24, 2.45) is 0 Å². The summed E-state index contributed by atoms with van der Waals surface area (Å²) in [5.41, 5.74) is 2.90. The number of piperidine rings is 1. The minimum atomic E-state index is -0.141. The average molecular weight is 356 g/mol. The van der Waals surface area contributed by atoms with Crippen LogP contribution in [0.5, 0.6) is 0 Å². The molecule has 0 aromatic heterocycles. The molecule has 0 atom stereocenters. The zero-order chi connectivity index (χ0) is 17.8. The first kappa shape index (κ1) is 17.7. The van der Waals surface area contributed by atoms with Gasteiger partial charge in [-0.3, -0.25) is 14.5 Å². The van der Waals surface area contributed by atoms with Gasteiger partial charge in [-0.15, -0.1) is 0 Å². The molecule has 0 bridgehead atoms. The zero-order valence-electron chi connectivity index (χ0n) is 14.4. The van der Waals surface area contributed by atoms with E-state index in [1.165, 1.54) is 10.5 Å². The van der Waals surface area contributed by atoms with E-state index in [0.29, 0.717) is 23.6 Å². The quantitative estimate of drug-likeness (QED) is 0.698. The highest BCUT2D eigenvalue weighted by molar-refractivity contribution is 6.30. The maximum absolute atomic E-state index is 12.6. The van der Waals surface area contributed by atoms with E-state index in [4.69, 9.17) is 11.6 Å². The first-order valence-corrected chi connectivity index (χ1v) is 9.16. The van der Waals surface area contributed by atoms with Crippen molar-refractivity contribution < 1.29 is 9.59 Å². The molecule has 130 valence electrons. The van der Waals surface area contributed by atoms with Gasteiger partial charge in [0.25, 0.3) is 0 Å². The summed E-state index contributed by atoms with van der Waals surface area (Å²) in [4.78, 5) is 26.5.